The lowest BCUT2D eigenvalue weighted by Crippen LogP contribution is -2.40. The Morgan fingerprint density at radius 2 is 1.65 bits per heavy atom. The van der Waals surface area contributed by atoms with Crippen molar-refractivity contribution in [2.45, 2.75) is 11.8 Å². The number of likely N-dealkylation sites (N-methyl/N-ethyl adjacent to an activating group) is 1. The molecule has 0 saturated carbocycles. The van der Waals surface area contributed by atoms with Crippen LogP contribution >= 0.6 is 0 Å². The molecule has 5 nitrogen and oxygen atoms in total. The van der Waals surface area contributed by atoms with E-state index in [1.54, 1.807) is 50.5 Å². The Labute approximate surface area is 137 Å². The molecule has 0 N–H and O–H groups in total. The molecule has 6 heteroatoms. The lowest BCUT2D eigenvalue weighted by Gasteiger charge is -2.25. The van der Waals surface area contributed by atoms with E-state index in [2.05, 4.69) is 0 Å². The largest absolute Gasteiger partial charge is 0.347 e. The molecule has 0 aliphatic carbocycles. The minimum absolute atomic E-state index is 0.160. The van der Waals surface area contributed by atoms with Gasteiger partial charge in [0.05, 0.1) is 10.6 Å². The molecule has 0 atom stereocenters. The Morgan fingerprint density at radius 1 is 1.00 bits per heavy atom. The summed E-state index contributed by atoms with van der Waals surface area (Å²) in [6.45, 7) is 1.64. The molecule has 2 aromatic carbocycles. The highest BCUT2D eigenvalue weighted by atomic mass is 32.2. The molecule has 0 unspecified atom stereocenters. The van der Waals surface area contributed by atoms with Crippen molar-refractivity contribution in [3.8, 4) is 0 Å². The summed E-state index contributed by atoms with van der Waals surface area (Å²) < 4.78 is 27.1. The number of hydrogen-bond donors (Lipinski definition) is 0. The molecule has 1 amide bonds. The van der Waals surface area contributed by atoms with E-state index in [4.69, 9.17) is 0 Å². The van der Waals surface area contributed by atoms with Crippen molar-refractivity contribution < 1.29 is 13.2 Å². The van der Waals surface area contributed by atoms with Crippen molar-refractivity contribution in [2.75, 3.05) is 24.9 Å². The van der Waals surface area contributed by atoms with Crippen molar-refractivity contribution in [3.63, 3.8) is 0 Å². The van der Waals surface area contributed by atoms with Crippen LogP contribution in [-0.2, 0) is 14.8 Å². The molecule has 2 rings (SSSR count). The van der Waals surface area contributed by atoms with Gasteiger partial charge in [0.2, 0.25) is 5.91 Å². The van der Waals surface area contributed by atoms with Gasteiger partial charge in [0.15, 0.2) is 0 Å². The lowest BCUT2D eigenvalue weighted by atomic mass is 10.2. The fourth-order valence-corrected chi connectivity index (χ4v) is 3.51. The maximum absolute atomic E-state index is 13.0. The normalized spacial score (nSPS) is 11.1. The summed E-state index contributed by atoms with van der Waals surface area (Å²) in [7, 11) is -0.607. The molecule has 0 radical (unpaired) electrons. The molecule has 0 aliphatic heterocycles. The van der Waals surface area contributed by atoms with Gasteiger partial charge in [0, 0.05) is 14.1 Å². The predicted molar refractivity (Wildman–Crippen MR) is 90.8 cm³/mol. The third-order valence-corrected chi connectivity index (χ3v) is 5.19. The first-order valence-corrected chi connectivity index (χ1v) is 8.61. The van der Waals surface area contributed by atoms with Crippen LogP contribution in [0, 0.1) is 6.92 Å². The number of carbonyl (C=O) groups is 1. The van der Waals surface area contributed by atoms with Crippen LogP contribution in [0.2, 0.25) is 0 Å². The fraction of sp³-hybridized carbons (Fsp3) is 0.235. The van der Waals surface area contributed by atoms with Crippen molar-refractivity contribution in [1.29, 1.82) is 0 Å². The maximum Gasteiger partial charge on any atom is 0.264 e. The molecular formula is C17H20N2O3S. The lowest BCUT2D eigenvalue weighted by molar-refractivity contribution is -0.127. The second-order valence-corrected chi connectivity index (χ2v) is 7.31. The molecule has 0 spiro atoms. The highest BCUT2D eigenvalue weighted by Gasteiger charge is 2.27. The predicted octanol–water partition coefficient (Wildman–Crippen LogP) is 2.28. The molecule has 23 heavy (non-hydrogen) atoms. The summed E-state index contributed by atoms with van der Waals surface area (Å²) in [5.74, 6) is -0.286. The van der Waals surface area contributed by atoms with Gasteiger partial charge in [-0.2, -0.15) is 0 Å². The minimum Gasteiger partial charge on any atom is -0.347 e. The molecule has 0 saturated heterocycles. The van der Waals surface area contributed by atoms with Crippen LogP contribution in [-0.4, -0.2) is 39.9 Å². The number of anilines is 1. The number of sulfonamides is 1. The summed E-state index contributed by atoms with van der Waals surface area (Å²) >= 11 is 0. The van der Waals surface area contributed by atoms with Crippen LogP contribution in [0.15, 0.2) is 59.5 Å². The SMILES string of the molecule is Cc1cccc(N(CC(=O)N(C)C)S(=O)(=O)c2ccccc2)c1. The smallest absolute Gasteiger partial charge is 0.264 e. The zero-order chi connectivity index (χ0) is 17.0. The molecule has 0 aromatic heterocycles. The van der Waals surface area contributed by atoms with Crippen molar-refractivity contribution in [1.82, 2.24) is 4.90 Å². The quantitative estimate of drug-likeness (QED) is 0.844. The topological polar surface area (TPSA) is 57.7 Å². The van der Waals surface area contributed by atoms with E-state index >= 15 is 0 Å². The van der Waals surface area contributed by atoms with Gasteiger partial charge in [0.1, 0.15) is 6.54 Å². The summed E-state index contributed by atoms with van der Waals surface area (Å²) in [6, 6.07) is 15.2. The molecule has 122 valence electrons. The number of benzene rings is 2. The van der Waals surface area contributed by atoms with Crippen LogP contribution in [0.5, 0.6) is 0 Å². The fourth-order valence-electron chi connectivity index (χ4n) is 2.08. The molecular weight excluding hydrogens is 312 g/mol. The van der Waals surface area contributed by atoms with E-state index in [0.717, 1.165) is 9.87 Å². The Kier molecular flexibility index (Phi) is 5.05. The van der Waals surface area contributed by atoms with Crippen LogP contribution in [0.25, 0.3) is 0 Å². The van der Waals surface area contributed by atoms with E-state index in [1.165, 1.54) is 17.0 Å². The van der Waals surface area contributed by atoms with Gasteiger partial charge >= 0.3 is 0 Å². The van der Waals surface area contributed by atoms with Crippen LogP contribution < -0.4 is 4.31 Å². The number of hydrogen-bond acceptors (Lipinski definition) is 3. The van der Waals surface area contributed by atoms with Gasteiger partial charge in [-0.25, -0.2) is 8.42 Å². The van der Waals surface area contributed by atoms with Gasteiger partial charge in [-0.1, -0.05) is 30.3 Å². The van der Waals surface area contributed by atoms with Crippen LogP contribution in [0.4, 0.5) is 5.69 Å². The van der Waals surface area contributed by atoms with E-state index in [1.807, 2.05) is 13.0 Å². The number of rotatable bonds is 5. The van der Waals surface area contributed by atoms with Gasteiger partial charge in [-0.3, -0.25) is 9.10 Å². The monoisotopic (exact) mass is 332 g/mol. The average molecular weight is 332 g/mol. The molecule has 0 heterocycles. The first kappa shape index (κ1) is 17.0. The second-order valence-electron chi connectivity index (χ2n) is 5.45. The zero-order valence-corrected chi connectivity index (χ0v) is 14.2. The van der Waals surface area contributed by atoms with Gasteiger partial charge in [-0.05, 0) is 36.8 Å². The molecule has 0 aliphatic rings. The van der Waals surface area contributed by atoms with Gasteiger partial charge < -0.3 is 4.90 Å². The molecule has 0 bridgehead atoms. The van der Waals surface area contributed by atoms with Crippen molar-refractivity contribution in [2.24, 2.45) is 0 Å². The second kappa shape index (κ2) is 6.83. The summed E-state index contributed by atoms with van der Waals surface area (Å²) in [5.41, 5.74) is 1.40. The van der Waals surface area contributed by atoms with Crippen LogP contribution in [0.3, 0.4) is 0 Å². The van der Waals surface area contributed by atoms with E-state index < -0.39 is 10.0 Å². The summed E-state index contributed by atoms with van der Waals surface area (Å²) in [5, 5.41) is 0. The van der Waals surface area contributed by atoms with Gasteiger partial charge in [-0.15, -0.1) is 0 Å². The van der Waals surface area contributed by atoms with E-state index in [-0.39, 0.29) is 17.3 Å². The Bertz CT molecular complexity index is 786. The molecule has 2 aromatic rings. The van der Waals surface area contributed by atoms with E-state index in [0.29, 0.717) is 5.69 Å². The average Bonchev–Trinajstić information content (AvgIpc) is 2.52. The number of nitrogens with zero attached hydrogens (tertiary/aromatic N) is 2. The van der Waals surface area contributed by atoms with Gasteiger partial charge in [0.25, 0.3) is 10.0 Å². The number of amides is 1. The highest BCUT2D eigenvalue weighted by molar-refractivity contribution is 7.92. The number of aryl methyl sites for hydroxylation is 1. The Balaban J connectivity index is 2.51. The summed E-state index contributed by atoms with van der Waals surface area (Å²) in [6.07, 6.45) is 0. The van der Waals surface area contributed by atoms with Crippen molar-refractivity contribution in [3.05, 3.63) is 60.2 Å². The standard InChI is InChI=1S/C17H20N2O3S/c1-14-8-7-9-15(12-14)19(13-17(20)18(2)3)23(21,22)16-10-5-4-6-11-16/h4-12H,13H2,1-3H3. The summed E-state index contributed by atoms with van der Waals surface area (Å²) in [4.78, 5) is 13.6. The minimum atomic E-state index is -3.81. The number of carbonyl (C=O) groups excluding carboxylic acids is 1. The first-order valence-electron chi connectivity index (χ1n) is 7.17. The first-order chi connectivity index (χ1) is 10.8. The molecule has 0 fully saturated rings. The third-order valence-electron chi connectivity index (χ3n) is 3.40. The zero-order valence-electron chi connectivity index (χ0n) is 13.4. The highest BCUT2D eigenvalue weighted by Crippen LogP contribution is 2.24. The Morgan fingerprint density at radius 3 is 2.22 bits per heavy atom. The third kappa shape index (κ3) is 3.90. The van der Waals surface area contributed by atoms with E-state index in [9.17, 15) is 13.2 Å². The maximum atomic E-state index is 13.0. The van der Waals surface area contributed by atoms with Crippen molar-refractivity contribution >= 4 is 21.6 Å². The van der Waals surface area contributed by atoms with Crippen LogP contribution in [0.1, 0.15) is 5.56 Å². The Hall–Kier alpha value is -2.34.